The lowest BCUT2D eigenvalue weighted by atomic mass is 9.97. The van der Waals surface area contributed by atoms with Gasteiger partial charge in [-0.15, -0.1) is 5.10 Å². The Hall–Kier alpha value is -3.06. The molecule has 3 fully saturated rings. The lowest BCUT2D eigenvalue weighted by molar-refractivity contribution is -0.152. The third kappa shape index (κ3) is 3.96. The molecule has 0 radical (unpaired) electrons. The maximum atomic E-state index is 14.1. The van der Waals surface area contributed by atoms with Crippen LogP contribution in [-0.2, 0) is 11.3 Å². The molecule has 3 aromatic rings. The van der Waals surface area contributed by atoms with Gasteiger partial charge in [0.15, 0.2) is 5.78 Å². The van der Waals surface area contributed by atoms with Crippen molar-refractivity contribution in [2.75, 3.05) is 29.5 Å². The average molecular weight is 507 g/mol. The van der Waals surface area contributed by atoms with Gasteiger partial charge in [-0.1, -0.05) is 4.49 Å². The molecule has 0 amide bonds. The molecule has 0 aliphatic carbocycles. The Labute approximate surface area is 201 Å². The summed E-state index contributed by atoms with van der Waals surface area (Å²) in [6, 6.07) is 4.21. The van der Waals surface area contributed by atoms with Crippen LogP contribution in [0.25, 0.3) is 10.2 Å². The zero-order valence-electron chi connectivity index (χ0n) is 18.4. The number of halogens is 3. The van der Waals surface area contributed by atoms with Crippen LogP contribution in [0.3, 0.4) is 0 Å². The molecule has 3 saturated heterocycles. The van der Waals surface area contributed by atoms with E-state index in [4.69, 9.17) is 4.74 Å². The van der Waals surface area contributed by atoms with Crippen LogP contribution in [0.2, 0.25) is 0 Å². The number of carbonyl (C=O) groups excluding carboxylic acids is 1. The summed E-state index contributed by atoms with van der Waals surface area (Å²) in [7, 11) is 0. The molecule has 184 valence electrons. The van der Waals surface area contributed by atoms with Crippen molar-refractivity contribution in [2.24, 2.45) is 0 Å². The van der Waals surface area contributed by atoms with E-state index < -0.39 is 30.1 Å². The second kappa shape index (κ2) is 8.26. The van der Waals surface area contributed by atoms with E-state index in [1.165, 1.54) is 28.2 Å². The van der Waals surface area contributed by atoms with Crippen molar-refractivity contribution in [1.82, 2.24) is 19.1 Å². The second-order valence-electron chi connectivity index (χ2n) is 9.10. The van der Waals surface area contributed by atoms with Gasteiger partial charge in [-0.3, -0.25) is 14.2 Å². The van der Waals surface area contributed by atoms with E-state index in [1.807, 2.05) is 4.90 Å². The fourth-order valence-electron chi connectivity index (χ4n) is 5.16. The maximum absolute atomic E-state index is 14.1. The summed E-state index contributed by atoms with van der Waals surface area (Å²) in [5.41, 5.74) is 0.305. The number of carbonyl (C=O) groups is 1. The van der Waals surface area contributed by atoms with Crippen LogP contribution in [0.5, 0.6) is 0 Å². The number of nitrogens with zero attached hydrogens (tertiary/aromatic N) is 6. The first kappa shape index (κ1) is 22.4. The fraction of sp³-hybridized carbons (Fsp3) is 0.500. The largest absolute Gasteiger partial charge is 0.408 e. The van der Waals surface area contributed by atoms with Crippen LogP contribution in [0.4, 0.5) is 24.9 Å². The van der Waals surface area contributed by atoms with Gasteiger partial charge in [-0.25, -0.2) is 0 Å². The van der Waals surface area contributed by atoms with Gasteiger partial charge in [0, 0.05) is 24.7 Å². The fourth-order valence-corrected chi connectivity index (χ4v) is 5.70. The Morgan fingerprint density at radius 1 is 1.20 bits per heavy atom. The number of hydrogen-bond acceptors (Lipinski definition) is 9. The highest BCUT2D eigenvalue weighted by atomic mass is 32.1. The monoisotopic (exact) mass is 506 g/mol. The first-order chi connectivity index (χ1) is 16.8. The molecule has 4 aliphatic rings. The third-order valence-corrected chi connectivity index (χ3v) is 7.68. The van der Waals surface area contributed by atoms with Crippen molar-refractivity contribution in [3.8, 4) is 0 Å². The van der Waals surface area contributed by atoms with Crippen LogP contribution in [0, 0.1) is 0 Å². The summed E-state index contributed by atoms with van der Waals surface area (Å²) in [5, 5.41) is 3.94. The first-order valence-electron chi connectivity index (χ1n) is 11.4. The summed E-state index contributed by atoms with van der Waals surface area (Å²) in [4.78, 5) is 33.5. The van der Waals surface area contributed by atoms with Crippen LogP contribution >= 0.6 is 11.5 Å². The number of piperidine rings is 1. The molecule has 9 nitrogen and oxygen atoms in total. The van der Waals surface area contributed by atoms with Gasteiger partial charge in [0.05, 0.1) is 30.0 Å². The van der Waals surface area contributed by atoms with Crippen molar-refractivity contribution in [3.05, 3.63) is 40.2 Å². The molecule has 0 saturated carbocycles. The van der Waals surface area contributed by atoms with Crippen molar-refractivity contribution >= 4 is 39.3 Å². The highest BCUT2D eigenvalue weighted by molar-refractivity contribution is 7.12. The highest BCUT2D eigenvalue weighted by Crippen LogP contribution is 2.36. The number of anilines is 2. The summed E-state index contributed by atoms with van der Waals surface area (Å²) < 4.78 is 53.8. The van der Waals surface area contributed by atoms with Gasteiger partial charge in [0.1, 0.15) is 17.4 Å². The Morgan fingerprint density at radius 2 is 2.06 bits per heavy atom. The minimum absolute atomic E-state index is 0.0105. The molecule has 35 heavy (non-hydrogen) atoms. The molecule has 0 N–H and O–H groups in total. The second-order valence-corrected chi connectivity index (χ2v) is 9.88. The normalized spacial score (nSPS) is 24.1. The summed E-state index contributed by atoms with van der Waals surface area (Å²) in [6.07, 6.45) is -3.16. The number of rotatable bonds is 4. The Kier molecular flexibility index (Phi) is 5.29. The van der Waals surface area contributed by atoms with Crippen LogP contribution in [-0.4, -0.2) is 69.0 Å². The van der Waals surface area contributed by atoms with Gasteiger partial charge in [-0.05, 0) is 49.0 Å². The molecule has 0 spiro atoms. The van der Waals surface area contributed by atoms with Gasteiger partial charge in [-0.2, -0.15) is 18.2 Å². The minimum atomic E-state index is -4.60. The number of alkyl halides is 3. The Bertz CT molecular complexity index is 1350. The third-order valence-electron chi connectivity index (χ3n) is 6.98. The molecule has 1 aromatic carbocycles. The summed E-state index contributed by atoms with van der Waals surface area (Å²) in [6.45, 7) is 0.330. The standard InChI is InChI=1S/C22H21F3N6O3S/c23-22(24,25)18-5-6-29-20(33)8-19(30-9-14-3-2-13(30)11-34-14)26-21(29)31(18)10-16(32)12-1-4-17-15(7-12)27-28-35-17/h1,4,7-8,13-14,18H,2-3,5-6,9-11H2/t13-,14+,18-/m0/s1. The van der Waals surface area contributed by atoms with Gasteiger partial charge in [0.25, 0.3) is 5.56 Å². The number of ketones is 1. The quantitative estimate of drug-likeness (QED) is 0.499. The number of Topliss-reactive ketones (excluding diaryl/α,β-unsaturated/α-hetero) is 1. The van der Waals surface area contributed by atoms with Crippen molar-refractivity contribution < 1.29 is 22.7 Å². The Morgan fingerprint density at radius 3 is 2.77 bits per heavy atom. The molecule has 7 rings (SSSR count). The number of hydrogen-bond donors (Lipinski definition) is 0. The van der Waals surface area contributed by atoms with E-state index in [9.17, 15) is 22.8 Å². The molecule has 6 heterocycles. The number of benzene rings is 1. The van der Waals surface area contributed by atoms with E-state index >= 15 is 0 Å². The average Bonchev–Trinajstić information content (AvgIpc) is 3.32. The molecule has 2 aromatic heterocycles. The van der Waals surface area contributed by atoms with Crippen LogP contribution < -0.4 is 15.4 Å². The van der Waals surface area contributed by atoms with E-state index in [0.29, 0.717) is 24.5 Å². The van der Waals surface area contributed by atoms with E-state index in [2.05, 4.69) is 14.6 Å². The van der Waals surface area contributed by atoms with E-state index in [1.54, 1.807) is 12.1 Å². The van der Waals surface area contributed by atoms with Crippen molar-refractivity contribution in [1.29, 1.82) is 0 Å². The predicted octanol–water partition coefficient (Wildman–Crippen LogP) is 2.64. The predicted molar refractivity (Wildman–Crippen MR) is 122 cm³/mol. The SMILES string of the molecule is O=C(CN1c2nc(N3C[C@H]4CC[C@H]3CO4)cc(=O)n2CC[C@H]1C(F)(F)F)c1ccc2snnc2c1. The van der Waals surface area contributed by atoms with Gasteiger partial charge in [0.2, 0.25) is 5.95 Å². The number of ether oxygens (including phenoxy) is 1. The maximum Gasteiger partial charge on any atom is 0.408 e. The molecule has 0 unspecified atom stereocenters. The van der Waals surface area contributed by atoms with Crippen LogP contribution in [0.1, 0.15) is 29.6 Å². The number of fused-ring (bicyclic) bond motifs is 5. The smallest absolute Gasteiger partial charge is 0.374 e. The van der Waals surface area contributed by atoms with Crippen LogP contribution in [0.15, 0.2) is 29.1 Å². The van der Waals surface area contributed by atoms with E-state index in [0.717, 1.165) is 22.4 Å². The zero-order valence-corrected chi connectivity index (χ0v) is 19.3. The number of morpholine rings is 1. The molecule has 3 atom stereocenters. The lowest BCUT2D eigenvalue weighted by Gasteiger charge is -2.46. The lowest BCUT2D eigenvalue weighted by Crippen LogP contribution is -2.56. The highest BCUT2D eigenvalue weighted by Gasteiger charge is 2.47. The molecule has 4 aliphatic heterocycles. The summed E-state index contributed by atoms with van der Waals surface area (Å²) >= 11 is 1.17. The Balaban J connectivity index is 1.38. The molecule has 13 heteroatoms. The minimum Gasteiger partial charge on any atom is -0.374 e. The number of aromatic nitrogens is 4. The van der Waals surface area contributed by atoms with Crippen molar-refractivity contribution in [2.45, 2.75) is 50.2 Å². The van der Waals surface area contributed by atoms with Gasteiger partial charge >= 0.3 is 6.18 Å². The summed E-state index contributed by atoms with van der Waals surface area (Å²) in [5.74, 6) is -0.324. The molecule has 2 bridgehead atoms. The topological polar surface area (TPSA) is 93.5 Å². The van der Waals surface area contributed by atoms with Crippen molar-refractivity contribution in [3.63, 3.8) is 0 Å². The molecular formula is C22H21F3N6O3S. The van der Waals surface area contributed by atoms with E-state index in [-0.39, 0.29) is 36.6 Å². The first-order valence-corrected chi connectivity index (χ1v) is 12.1. The van der Waals surface area contributed by atoms with Gasteiger partial charge < -0.3 is 14.5 Å². The zero-order chi connectivity index (χ0) is 24.3. The molecular weight excluding hydrogens is 485 g/mol.